The molecule has 6 heteroatoms. The highest BCUT2D eigenvalue weighted by Crippen LogP contribution is 2.44. The van der Waals surface area contributed by atoms with Gasteiger partial charge in [0.1, 0.15) is 0 Å². The molecule has 0 spiro atoms. The van der Waals surface area contributed by atoms with E-state index < -0.39 is 0 Å². The second-order valence-corrected chi connectivity index (χ2v) is 6.13. The van der Waals surface area contributed by atoms with E-state index in [1.54, 1.807) is 4.90 Å². The third-order valence-corrected chi connectivity index (χ3v) is 4.28. The van der Waals surface area contributed by atoms with Crippen LogP contribution in [-0.4, -0.2) is 35.2 Å². The van der Waals surface area contributed by atoms with E-state index in [1.165, 1.54) is 5.56 Å². The van der Waals surface area contributed by atoms with Crippen LogP contribution in [-0.2, 0) is 11.2 Å². The SMILES string of the molecule is CN(C)c1n[nH]c(NC(=O)C2(Cc3ccccc3)CCC2)n1. The van der Waals surface area contributed by atoms with Crippen molar-refractivity contribution in [2.45, 2.75) is 25.7 Å². The van der Waals surface area contributed by atoms with Crippen molar-refractivity contribution in [3.05, 3.63) is 35.9 Å². The summed E-state index contributed by atoms with van der Waals surface area (Å²) in [6.07, 6.45) is 3.71. The molecule has 1 heterocycles. The van der Waals surface area contributed by atoms with Gasteiger partial charge < -0.3 is 4.90 Å². The molecular weight excluding hydrogens is 278 g/mol. The van der Waals surface area contributed by atoms with E-state index in [2.05, 4.69) is 32.6 Å². The molecule has 3 rings (SSSR count). The number of carbonyl (C=O) groups is 1. The summed E-state index contributed by atoms with van der Waals surface area (Å²) in [4.78, 5) is 18.7. The van der Waals surface area contributed by atoms with Crippen LogP contribution in [0.1, 0.15) is 24.8 Å². The van der Waals surface area contributed by atoms with Crippen LogP contribution in [0.5, 0.6) is 0 Å². The number of nitrogens with one attached hydrogen (secondary N) is 2. The van der Waals surface area contributed by atoms with Gasteiger partial charge in [-0.05, 0) is 24.8 Å². The standard InChI is InChI=1S/C16H21N5O/c1-21(2)15-18-14(19-20-15)17-13(22)16(9-6-10-16)11-12-7-4-3-5-8-12/h3-5,7-8H,6,9-11H2,1-2H3,(H2,17,18,19,20,22). The molecule has 0 radical (unpaired) electrons. The number of amides is 1. The fraction of sp³-hybridized carbons (Fsp3) is 0.438. The lowest BCUT2D eigenvalue weighted by atomic mass is 9.64. The number of nitrogens with zero attached hydrogens (tertiary/aromatic N) is 3. The zero-order valence-corrected chi connectivity index (χ0v) is 13.0. The first-order valence-electron chi connectivity index (χ1n) is 7.54. The van der Waals surface area contributed by atoms with Crippen molar-refractivity contribution in [2.75, 3.05) is 24.3 Å². The van der Waals surface area contributed by atoms with Crippen molar-refractivity contribution in [3.63, 3.8) is 0 Å². The van der Waals surface area contributed by atoms with Gasteiger partial charge in [-0.15, -0.1) is 5.10 Å². The molecule has 116 valence electrons. The number of carbonyl (C=O) groups excluding carboxylic acids is 1. The molecule has 2 N–H and O–H groups in total. The number of hydrogen-bond acceptors (Lipinski definition) is 4. The van der Waals surface area contributed by atoms with E-state index in [1.807, 2.05) is 32.3 Å². The Morgan fingerprint density at radius 1 is 1.32 bits per heavy atom. The Morgan fingerprint density at radius 3 is 2.59 bits per heavy atom. The summed E-state index contributed by atoms with van der Waals surface area (Å²) in [6.45, 7) is 0. The fourth-order valence-corrected chi connectivity index (χ4v) is 2.82. The molecule has 1 aromatic heterocycles. The van der Waals surface area contributed by atoms with Gasteiger partial charge >= 0.3 is 0 Å². The highest BCUT2D eigenvalue weighted by Gasteiger charge is 2.44. The Kier molecular flexibility index (Phi) is 3.83. The second kappa shape index (κ2) is 5.79. The third-order valence-electron chi connectivity index (χ3n) is 4.28. The predicted molar refractivity (Wildman–Crippen MR) is 85.8 cm³/mol. The molecule has 0 aliphatic heterocycles. The van der Waals surface area contributed by atoms with Crippen LogP contribution in [0, 0.1) is 5.41 Å². The van der Waals surface area contributed by atoms with Crippen molar-refractivity contribution in [3.8, 4) is 0 Å². The van der Waals surface area contributed by atoms with E-state index >= 15 is 0 Å². The smallest absolute Gasteiger partial charge is 0.245 e. The van der Waals surface area contributed by atoms with Crippen LogP contribution in [0.3, 0.4) is 0 Å². The van der Waals surface area contributed by atoms with E-state index in [0.29, 0.717) is 11.9 Å². The van der Waals surface area contributed by atoms with Crippen molar-refractivity contribution < 1.29 is 4.79 Å². The van der Waals surface area contributed by atoms with Crippen LogP contribution >= 0.6 is 0 Å². The van der Waals surface area contributed by atoms with Gasteiger partial charge in [0.25, 0.3) is 0 Å². The van der Waals surface area contributed by atoms with Crippen LogP contribution in [0.4, 0.5) is 11.9 Å². The minimum atomic E-state index is -0.313. The first-order chi connectivity index (χ1) is 10.6. The Hall–Kier alpha value is -2.37. The van der Waals surface area contributed by atoms with Crippen LogP contribution in [0.25, 0.3) is 0 Å². The fourth-order valence-electron chi connectivity index (χ4n) is 2.82. The largest absolute Gasteiger partial charge is 0.346 e. The summed E-state index contributed by atoms with van der Waals surface area (Å²) >= 11 is 0. The molecule has 1 fully saturated rings. The lowest BCUT2D eigenvalue weighted by Gasteiger charge is -2.40. The Morgan fingerprint density at radius 2 is 2.05 bits per heavy atom. The highest BCUT2D eigenvalue weighted by atomic mass is 16.2. The summed E-state index contributed by atoms with van der Waals surface area (Å²) in [5.74, 6) is 0.998. The van der Waals surface area contributed by atoms with Crippen LogP contribution in [0.15, 0.2) is 30.3 Å². The topological polar surface area (TPSA) is 73.9 Å². The average Bonchev–Trinajstić information content (AvgIpc) is 2.92. The van der Waals surface area contributed by atoms with Gasteiger partial charge in [-0.2, -0.15) is 4.98 Å². The van der Waals surface area contributed by atoms with E-state index in [4.69, 9.17) is 0 Å². The van der Waals surface area contributed by atoms with E-state index in [0.717, 1.165) is 25.7 Å². The molecular formula is C16H21N5O. The number of anilines is 2. The summed E-state index contributed by atoms with van der Waals surface area (Å²) in [5, 5.41) is 9.71. The Labute approximate surface area is 129 Å². The molecule has 1 saturated carbocycles. The van der Waals surface area contributed by atoms with Gasteiger partial charge in [-0.1, -0.05) is 36.8 Å². The predicted octanol–water partition coefficient (Wildman–Crippen LogP) is 2.22. The monoisotopic (exact) mass is 299 g/mol. The Balaban J connectivity index is 1.71. The number of aromatic nitrogens is 3. The lowest BCUT2D eigenvalue weighted by Crippen LogP contribution is -2.43. The number of hydrogen-bond donors (Lipinski definition) is 2. The van der Waals surface area contributed by atoms with Gasteiger partial charge in [0.2, 0.25) is 17.8 Å². The summed E-state index contributed by atoms with van der Waals surface area (Å²) in [6, 6.07) is 10.2. The number of aromatic amines is 1. The molecule has 1 aromatic carbocycles. The third kappa shape index (κ3) is 2.81. The normalized spacial score (nSPS) is 15.9. The van der Waals surface area contributed by atoms with Gasteiger partial charge in [-0.25, -0.2) is 5.10 Å². The molecule has 22 heavy (non-hydrogen) atoms. The molecule has 6 nitrogen and oxygen atoms in total. The number of benzene rings is 1. The number of rotatable bonds is 5. The molecule has 1 amide bonds. The summed E-state index contributed by atoms with van der Waals surface area (Å²) in [5.41, 5.74) is 0.885. The summed E-state index contributed by atoms with van der Waals surface area (Å²) < 4.78 is 0. The molecule has 0 saturated heterocycles. The van der Waals surface area contributed by atoms with Gasteiger partial charge in [0.05, 0.1) is 5.41 Å². The first kappa shape index (κ1) is 14.6. The van der Waals surface area contributed by atoms with Gasteiger partial charge in [0, 0.05) is 14.1 Å². The van der Waals surface area contributed by atoms with Crippen LogP contribution in [0.2, 0.25) is 0 Å². The average molecular weight is 299 g/mol. The maximum absolute atomic E-state index is 12.7. The zero-order valence-electron chi connectivity index (χ0n) is 13.0. The Bertz CT molecular complexity index is 646. The summed E-state index contributed by atoms with van der Waals surface area (Å²) in [7, 11) is 3.72. The van der Waals surface area contributed by atoms with E-state index in [-0.39, 0.29) is 11.3 Å². The van der Waals surface area contributed by atoms with Crippen molar-refractivity contribution >= 4 is 17.8 Å². The van der Waals surface area contributed by atoms with Crippen LogP contribution < -0.4 is 10.2 Å². The maximum Gasteiger partial charge on any atom is 0.245 e. The van der Waals surface area contributed by atoms with Crippen molar-refractivity contribution in [1.29, 1.82) is 0 Å². The molecule has 0 atom stereocenters. The molecule has 1 aliphatic carbocycles. The quantitative estimate of drug-likeness (QED) is 0.888. The van der Waals surface area contributed by atoms with Crippen molar-refractivity contribution in [1.82, 2.24) is 15.2 Å². The molecule has 0 bridgehead atoms. The van der Waals surface area contributed by atoms with E-state index in [9.17, 15) is 4.79 Å². The molecule has 2 aromatic rings. The molecule has 1 aliphatic rings. The minimum absolute atomic E-state index is 0.0315. The first-order valence-corrected chi connectivity index (χ1v) is 7.54. The zero-order chi connectivity index (χ0) is 15.6. The molecule has 0 unspecified atom stereocenters. The second-order valence-electron chi connectivity index (χ2n) is 6.13. The van der Waals surface area contributed by atoms with Gasteiger partial charge in [0.15, 0.2) is 0 Å². The highest BCUT2D eigenvalue weighted by molar-refractivity contribution is 5.94. The minimum Gasteiger partial charge on any atom is -0.346 e. The number of H-pyrrole nitrogens is 1. The lowest BCUT2D eigenvalue weighted by molar-refractivity contribution is -0.130. The van der Waals surface area contributed by atoms with Gasteiger partial charge in [-0.3, -0.25) is 10.1 Å². The maximum atomic E-state index is 12.7. The van der Waals surface area contributed by atoms with Crippen molar-refractivity contribution in [2.24, 2.45) is 5.41 Å².